The average Bonchev–Trinajstić information content (AvgIpc) is 2.89. The lowest BCUT2D eigenvalue weighted by Gasteiger charge is -2.20. The number of imide groups is 1. The van der Waals surface area contributed by atoms with Crippen molar-refractivity contribution in [2.75, 3.05) is 13.2 Å². The Balaban J connectivity index is 1.54. The van der Waals surface area contributed by atoms with Crippen molar-refractivity contribution in [1.29, 1.82) is 0 Å². The van der Waals surface area contributed by atoms with Crippen LogP contribution in [0.2, 0.25) is 0 Å². The summed E-state index contributed by atoms with van der Waals surface area (Å²) in [5.41, 5.74) is 0.602. The van der Waals surface area contributed by atoms with Crippen LogP contribution in [0.5, 0.6) is 5.75 Å². The third kappa shape index (κ3) is 3.62. The van der Waals surface area contributed by atoms with Crippen LogP contribution in [0.15, 0.2) is 53.0 Å². The first kappa shape index (κ1) is 18.1. The lowest BCUT2D eigenvalue weighted by atomic mass is 10.1. The number of esters is 1. The van der Waals surface area contributed by atoms with Crippen LogP contribution in [0.3, 0.4) is 0 Å². The zero-order chi connectivity index (χ0) is 18.7. The van der Waals surface area contributed by atoms with E-state index in [4.69, 9.17) is 9.47 Å². The normalized spacial score (nSPS) is 14.2. The number of benzene rings is 2. The molecular formula is C19H16BrNO5. The van der Waals surface area contributed by atoms with Gasteiger partial charge in [-0.2, -0.15) is 0 Å². The zero-order valence-electron chi connectivity index (χ0n) is 14.0. The van der Waals surface area contributed by atoms with Crippen molar-refractivity contribution < 1.29 is 23.9 Å². The summed E-state index contributed by atoms with van der Waals surface area (Å²) in [6, 6.07) is 12.8. The summed E-state index contributed by atoms with van der Waals surface area (Å²) >= 11 is 3.34. The van der Waals surface area contributed by atoms with Gasteiger partial charge in [0.1, 0.15) is 25.0 Å². The number of ether oxygens (including phenoxy) is 2. The van der Waals surface area contributed by atoms with Crippen LogP contribution < -0.4 is 4.74 Å². The smallest absolute Gasteiger partial charge is 0.329 e. The van der Waals surface area contributed by atoms with Crippen LogP contribution in [0.4, 0.5) is 0 Å². The molecule has 0 saturated carbocycles. The minimum absolute atomic E-state index is 0.0128. The Morgan fingerprint density at radius 2 is 1.69 bits per heavy atom. The molecule has 0 spiro atoms. The monoisotopic (exact) mass is 417 g/mol. The molecule has 134 valence electrons. The predicted molar refractivity (Wildman–Crippen MR) is 97.0 cm³/mol. The van der Waals surface area contributed by atoms with Crippen molar-refractivity contribution in [1.82, 2.24) is 4.90 Å². The Morgan fingerprint density at radius 3 is 2.31 bits per heavy atom. The van der Waals surface area contributed by atoms with Crippen molar-refractivity contribution in [3.05, 3.63) is 64.1 Å². The molecule has 0 fully saturated rings. The van der Waals surface area contributed by atoms with Gasteiger partial charge in [0.25, 0.3) is 11.8 Å². The van der Waals surface area contributed by atoms with E-state index in [-0.39, 0.29) is 13.2 Å². The lowest BCUT2D eigenvalue weighted by molar-refractivity contribution is -0.148. The third-order valence-corrected chi connectivity index (χ3v) is 4.44. The van der Waals surface area contributed by atoms with Gasteiger partial charge in [0, 0.05) is 4.47 Å². The van der Waals surface area contributed by atoms with E-state index in [1.807, 2.05) is 12.1 Å². The second-order valence-electron chi connectivity index (χ2n) is 5.68. The maximum atomic E-state index is 12.4. The van der Waals surface area contributed by atoms with E-state index in [0.29, 0.717) is 16.9 Å². The SMILES string of the molecule is C[C@@H](C(=O)OCCOc1cccc(Br)c1)N1C(=O)c2ccccc2C1=O. The van der Waals surface area contributed by atoms with Crippen LogP contribution in [-0.2, 0) is 9.53 Å². The highest BCUT2D eigenvalue weighted by Crippen LogP contribution is 2.24. The molecule has 0 aliphatic carbocycles. The van der Waals surface area contributed by atoms with Crippen molar-refractivity contribution >= 4 is 33.7 Å². The van der Waals surface area contributed by atoms with E-state index < -0.39 is 23.8 Å². The van der Waals surface area contributed by atoms with E-state index in [9.17, 15) is 14.4 Å². The average molecular weight is 418 g/mol. The fraction of sp³-hybridized carbons (Fsp3) is 0.211. The second-order valence-corrected chi connectivity index (χ2v) is 6.59. The van der Waals surface area contributed by atoms with Crippen molar-refractivity contribution in [2.45, 2.75) is 13.0 Å². The van der Waals surface area contributed by atoms with Gasteiger partial charge in [0.05, 0.1) is 11.1 Å². The van der Waals surface area contributed by atoms with Gasteiger partial charge < -0.3 is 9.47 Å². The van der Waals surface area contributed by atoms with Gasteiger partial charge in [-0.1, -0.05) is 34.1 Å². The zero-order valence-corrected chi connectivity index (χ0v) is 15.6. The molecule has 1 aliphatic rings. The molecule has 7 heteroatoms. The number of hydrogen-bond donors (Lipinski definition) is 0. The molecule has 26 heavy (non-hydrogen) atoms. The molecule has 2 amide bonds. The molecule has 3 rings (SSSR count). The maximum absolute atomic E-state index is 12.4. The number of nitrogens with zero attached hydrogens (tertiary/aromatic N) is 1. The molecule has 0 saturated heterocycles. The van der Waals surface area contributed by atoms with Crippen LogP contribution in [0.25, 0.3) is 0 Å². The summed E-state index contributed by atoms with van der Waals surface area (Å²) in [5.74, 6) is -0.984. The highest BCUT2D eigenvalue weighted by atomic mass is 79.9. The maximum Gasteiger partial charge on any atom is 0.329 e. The van der Waals surface area contributed by atoms with Gasteiger partial charge in [0.2, 0.25) is 0 Å². The topological polar surface area (TPSA) is 72.9 Å². The highest BCUT2D eigenvalue weighted by molar-refractivity contribution is 9.10. The Labute approximate surface area is 158 Å². The second kappa shape index (κ2) is 7.70. The van der Waals surface area contributed by atoms with Gasteiger partial charge >= 0.3 is 5.97 Å². The number of hydrogen-bond acceptors (Lipinski definition) is 5. The molecule has 0 radical (unpaired) electrons. The molecule has 0 unspecified atom stereocenters. The number of halogens is 1. The van der Waals surface area contributed by atoms with Crippen molar-refractivity contribution in [3.8, 4) is 5.75 Å². The Morgan fingerprint density at radius 1 is 1.04 bits per heavy atom. The summed E-state index contributed by atoms with van der Waals surface area (Å²) in [7, 11) is 0. The van der Waals surface area contributed by atoms with E-state index in [1.165, 1.54) is 6.92 Å². The van der Waals surface area contributed by atoms with Gasteiger partial charge in [0.15, 0.2) is 0 Å². The van der Waals surface area contributed by atoms with Gasteiger partial charge in [-0.25, -0.2) is 4.79 Å². The minimum Gasteiger partial charge on any atom is -0.490 e. The molecule has 0 bridgehead atoms. The number of amides is 2. The summed E-state index contributed by atoms with van der Waals surface area (Å²) in [6.07, 6.45) is 0. The molecule has 1 atom stereocenters. The first-order valence-corrected chi connectivity index (χ1v) is 8.80. The first-order chi connectivity index (χ1) is 12.5. The lowest BCUT2D eigenvalue weighted by Crippen LogP contribution is -2.44. The van der Waals surface area contributed by atoms with Crippen molar-refractivity contribution in [3.63, 3.8) is 0 Å². The number of carbonyl (C=O) groups excluding carboxylic acids is 3. The summed E-state index contributed by atoms with van der Waals surface area (Å²) < 4.78 is 11.5. The van der Waals surface area contributed by atoms with Gasteiger partial charge in [-0.3, -0.25) is 14.5 Å². The van der Waals surface area contributed by atoms with E-state index in [2.05, 4.69) is 15.9 Å². The van der Waals surface area contributed by atoms with Gasteiger partial charge in [-0.05, 0) is 37.3 Å². The molecule has 2 aromatic rings. The summed E-state index contributed by atoms with van der Waals surface area (Å²) in [6.45, 7) is 1.65. The predicted octanol–water partition coefficient (Wildman–Crippen LogP) is 3.06. The van der Waals surface area contributed by atoms with Gasteiger partial charge in [-0.15, -0.1) is 0 Å². The third-order valence-electron chi connectivity index (χ3n) is 3.95. The standard InChI is InChI=1S/C19H16BrNO5/c1-12(21-17(22)15-7-2-3-8-16(15)18(21)23)19(24)26-10-9-25-14-6-4-5-13(20)11-14/h2-8,11-12H,9-10H2,1H3/t12-/m0/s1. The molecule has 2 aromatic carbocycles. The van der Waals surface area contributed by atoms with E-state index >= 15 is 0 Å². The fourth-order valence-corrected chi connectivity index (χ4v) is 3.02. The Hall–Kier alpha value is -2.67. The van der Waals surface area contributed by atoms with Crippen LogP contribution in [-0.4, -0.2) is 41.9 Å². The molecule has 1 heterocycles. The van der Waals surface area contributed by atoms with Crippen molar-refractivity contribution in [2.24, 2.45) is 0 Å². The number of fused-ring (bicyclic) bond motifs is 1. The summed E-state index contributed by atoms with van der Waals surface area (Å²) in [5, 5.41) is 0. The first-order valence-electron chi connectivity index (χ1n) is 8.01. The number of carbonyl (C=O) groups is 3. The molecule has 1 aliphatic heterocycles. The largest absolute Gasteiger partial charge is 0.490 e. The van der Waals surface area contributed by atoms with E-state index in [0.717, 1.165) is 9.37 Å². The number of rotatable bonds is 6. The molecule has 0 aromatic heterocycles. The molecule has 6 nitrogen and oxygen atoms in total. The van der Waals surface area contributed by atoms with Crippen LogP contribution in [0, 0.1) is 0 Å². The highest BCUT2D eigenvalue weighted by Gasteiger charge is 2.41. The molecule has 0 N–H and O–H groups in total. The Kier molecular flexibility index (Phi) is 5.37. The molecular weight excluding hydrogens is 402 g/mol. The van der Waals surface area contributed by atoms with E-state index in [1.54, 1.807) is 36.4 Å². The quantitative estimate of drug-likeness (QED) is 0.410. The minimum atomic E-state index is -1.01. The van der Waals surface area contributed by atoms with Crippen LogP contribution in [0.1, 0.15) is 27.6 Å². The summed E-state index contributed by atoms with van der Waals surface area (Å²) in [4.78, 5) is 37.9. The van der Waals surface area contributed by atoms with Crippen LogP contribution >= 0.6 is 15.9 Å². The fourth-order valence-electron chi connectivity index (χ4n) is 2.64. The Bertz CT molecular complexity index is 832.